The first-order chi connectivity index (χ1) is 7.91. The zero-order chi connectivity index (χ0) is 13.1. The van der Waals surface area contributed by atoms with Gasteiger partial charge in [0.15, 0.2) is 5.82 Å². The van der Waals surface area contributed by atoms with Crippen molar-refractivity contribution >= 4 is 21.4 Å². The predicted octanol–water partition coefficient (Wildman–Crippen LogP) is 1.43. The van der Waals surface area contributed by atoms with Crippen molar-refractivity contribution in [3.05, 3.63) is 23.5 Å². The molecular formula is C10H12FN3O2S. The second-order valence-electron chi connectivity index (χ2n) is 3.42. The molecule has 0 saturated carbocycles. The highest BCUT2D eigenvalue weighted by Gasteiger charge is 2.15. The number of anilines is 2. The van der Waals surface area contributed by atoms with Gasteiger partial charge < -0.3 is 5.73 Å². The lowest BCUT2D eigenvalue weighted by molar-refractivity contribution is 0.597. The third-order valence-corrected chi connectivity index (χ3v) is 3.52. The summed E-state index contributed by atoms with van der Waals surface area (Å²) in [6.45, 7) is 1.70. The molecule has 7 heteroatoms. The highest BCUT2D eigenvalue weighted by molar-refractivity contribution is 7.92. The monoisotopic (exact) mass is 257 g/mol. The molecule has 0 bridgehead atoms. The lowest BCUT2D eigenvalue weighted by Crippen LogP contribution is -2.17. The molecule has 0 saturated heterocycles. The topological polar surface area (TPSA) is 96.0 Å². The molecule has 0 radical (unpaired) electrons. The fourth-order valence-electron chi connectivity index (χ4n) is 1.26. The Balaban J connectivity index is 3.11. The molecule has 1 rings (SSSR count). The van der Waals surface area contributed by atoms with Gasteiger partial charge in [-0.2, -0.15) is 5.26 Å². The smallest absolute Gasteiger partial charge is 0.232 e. The van der Waals surface area contributed by atoms with Gasteiger partial charge in [0, 0.05) is 0 Å². The third-order valence-electron chi connectivity index (χ3n) is 2.04. The number of halogens is 1. The van der Waals surface area contributed by atoms with E-state index in [9.17, 15) is 12.8 Å². The summed E-state index contributed by atoms with van der Waals surface area (Å²) in [5.74, 6) is -1.03. The molecule has 5 nitrogen and oxygen atoms in total. The van der Waals surface area contributed by atoms with E-state index in [0.717, 1.165) is 0 Å². The zero-order valence-electron chi connectivity index (χ0n) is 9.20. The maximum atomic E-state index is 13.6. The SMILES string of the molecule is CCCS(=O)(=O)Nc1ccc(C#N)c(N)c1F. The zero-order valence-corrected chi connectivity index (χ0v) is 10.0. The van der Waals surface area contributed by atoms with E-state index in [1.165, 1.54) is 12.1 Å². The molecule has 0 amide bonds. The van der Waals surface area contributed by atoms with Gasteiger partial charge in [0.2, 0.25) is 10.0 Å². The Morgan fingerprint density at radius 2 is 2.18 bits per heavy atom. The average molecular weight is 257 g/mol. The third kappa shape index (κ3) is 3.07. The maximum absolute atomic E-state index is 13.6. The van der Waals surface area contributed by atoms with Gasteiger partial charge in [-0.05, 0) is 18.6 Å². The average Bonchev–Trinajstić information content (AvgIpc) is 2.25. The first-order valence-electron chi connectivity index (χ1n) is 4.90. The lowest BCUT2D eigenvalue weighted by Gasteiger charge is -2.09. The number of nitrogens with one attached hydrogen (secondary N) is 1. The van der Waals surface area contributed by atoms with Gasteiger partial charge in [-0.25, -0.2) is 12.8 Å². The van der Waals surface area contributed by atoms with E-state index in [4.69, 9.17) is 11.0 Å². The number of nitrogen functional groups attached to an aromatic ring is 1. The van der Waals surface area contributed by atoms with Gasteiger partial charge >= 0.3 is 0 Å². The molecule has 0 aromatic heterocycles. The summed E-state index contributed by atoms with van der Waals surface area (Å²) < 4.78 is 38.6. The number of hydrogen-bond acceptors (Lipinski definition) is 4. The summed E-state index contributed by atoms with van der Waals surface area (Å²) in [5.41, 5.74) is 4.73. The van der Waals surface area contributed by atoms with Gasteiger partial charge in [-0.3, -0.25) is 4.72 Å². The van der Waals surface area contributed by atoms with Gasteiger partial charge in [0.05, 0.1) is 22.7 Å². The van der Waals surface area contributed by atoms with Crippen LogP contribution in [0.4, 0.5) is 15.8 Å². The molecule has 1 aromatic carbocycles. The molecule has 3 N–H and O–H groups in total. The minimum absolute atomic E-state index is 0.0269. The summed E-state index contributed by atoms with van der Waals surface area (Å²) in [6.07, 6.45) is 0.419. The Bertz CT molecular complexity index is 564. The Kier molecular flexibility index (Phi) is 3.91. The van der Waals surface area contributed by atoms with Crippen LogP contribution in [0.2, 0.25) is 0 Å². The van der Waals surface area contributed by atoms with E-state index >= 15 is 0 Å². The molecule has 17 heavy (non-hydrogen) atoms. The van der Waals surface area contributed by atoms with E-state index in [2.05, 4.69) is 4.72 Å². The summed E-state index contributed by atoms with van der Waals surface area (Å²) in [7, 11) is -3.57. The predicted molar refractivity (Wildman–Crippen MR) is 63.2 cm³/mol. The highest BCUT2D eigenvalue weighted by Crippen LogP contribution is 2.24. The van der Waals surface area contributed by atoms with Crippen LogP contribution in [0.5, 0.6) is 0 Å². The largest absolute Gasteiger partial charge is 0.395 e. The first-order valence-corrected chi connectivity index (χ1v) is 6.55. The minimum Gasteiger partial charge on any atom is -0.395 e. The molecule has 0 heterocycles. The van der Waals surface area contributed by atoms with E-state index < -0.39 is 15.8 Å². The van der Waals surface area contributed by atoms with Gasteiger partial charge in [0.1, 0.15) is 6.07 Å². The van der Waals surface area contributed by atoms with Crippen molar-refractivity contribution in [1.82, 2.24) is 0 Å². The number of benzene rings is 1. The van der Waals surface area contributed by atoms with Crippen molar-refractivity contribution in [1.29, 1.82) is 5.26 Å². The van der Waals surface area contributed by atoms with Gasteiger partial charge in [-0.1, -0.05) is 6.92 Å². The van der Waals surface area contributed by atoms with E-state index in [-0.39, 0.29) is 22.7 Å². The number of sulfonamides is 1. The lowest BCUT2D eigenvalue weighted by atomic mass is 10.2. The van der Waals surface area contributed by atoms with Crippen molar-refractivity contribution in [3.63, 3.8) is 0 Å². The normalized spacial score (nSPS) is 10.9. The van der Waals surface area contributed by atoms with Crippen LogP contribution in [0.15, 0.2) is 12.1 Å². The summed E-state index contributed by atoms with van der Waals surface area (Å²) >= 11 is 0. The fourth-order valence-corrected chi connectivity index (χ4v) is 2.39. The maximum Gasteiger partial charge on any atom is 0.232 e. The van der Waals surface area contributed by atoms with Crippen LogP contribution in [0.25, 0.3) is 0 Å². The molecule has 0 unspecified atom stereocenters. The molecular weight excluding hydrogens is 245 g/mol. The Hall–Kier alpha value is -1.81. The van der Waals surface area contributed by atoms with Crippen molar-refractivity contribution < 1.29 is 12.8 Å². The number of hydrogen-bond donors (Lipinski definition) is 2. The Morgan fingerprint density at radius 3 is 2.71 bits per heavy atom. The summed E-state index contributed by atoms with van der Waals surface area (Å²) in [4.78, 5) is 0. The highest BCUT2D eigenvalue weighted by atomic mass is 32.2. The second kappa shape index (κ2) is 5.01. The van der Waals surface area contributed by atoms with Crippen LogP contribution in [-0.2, 0) is 10.0 Å². The van der Waals surface area contributed by atoms with Crippen LogP contribution in [0.3, 0.4) is 0 Å². The molecule has 0 aliphatic heterocycles. The number of rotatable bonds is 4. The molecule has 0 aliphatic carbocycles. The molecule has 92 valence electrons. The van der Waals surface area contributed by atoms with Crippen LogP contribution in [0.1, 0.15) is 18.9 Å². The van der Waals surface area contributed by atoms with E-state index in [0.29, 0.717) is 6.42 Å². The van der Waals surface area contributed by atoms with Crippen LogP contribution < -0.4 is 10.5 Å². The molecule has 0 atom stereocenters. The first kappa shape index (κ1) is 13.3. The quantitative estimate of drug-likeness (QED) is 0.797. The molecule has 1 aromatic rings. The number of nitrogens with zero attached hydrogens (tertiary/aromatic N) is 1. The van der Waals surface area contributed by atoms with Gasteiger partial charge in [0.25, 0.3) is 0 Å². The Labute approximate surface area is 99.1 Å². The van der Waals surface area contributed by atoms with Crippen molar-refractivity contribution in [2.24, 2.45) is 0 Å². The van der Waals surface area contributed by atoms with Crippen LogP contribution >= 0.6 is 0 Å². The summed E-state index contributed by atoms with van der Waals surface area (Å²) in [5, 5.41) is 8.62. The van der Waals surface area contributed by atoms with Crippen LogP contribution in [-0.4, -0.2) is 14.2 Å². The minimum atomic E-state index is -3.57. The molecule has 0 spiro atoms. The van der Waals surface area contributed by atoms with Crippen molar-refractivity contribution in [2.45, 2.75) is 13.3 Å². The molecule has 0 aliphatic rings. The Morgan fingerprint density at radius 1 is 1.53 bits per heavy atom. The fraction of sp³-hybridized carbons (Fsp3) is 0.300. The van der Waals surface area contributed by atoms with E-state index in [1.54, 1.807) is 13.0 Å². The van der Waals surface area contributed by atoms with Crippen LogP contribution in [0, 0.1) is 17.1 Å². The van der Waals surface area contributed by atoms with E-state index in [1.807, 2.05) is 0 Å². The molecule has 0 fully saturated rings. The van der Waals surface area contributed by atoms with Crippen molar-refractivity contribution in [2.75, 3.05) is 16.2 Å². The second-order valence-corrected chi connectivity index (χ2v) is 5.26. The van der Waals surface area contributed by atoms with Gasteiger partial charge in [-0.15, -0.1) is 0 Å². The summed E-state index contributed by atoms with van der Waals surface area (Å²) in [6, 6.07) is 4.15. The number of nitriles is 1. The number of nitrogens with two attached hydrogens (primary N) is 1. The van der Waals surface area contributed by atoms with Crippen molar-refractivity contribution in [3.8, 4) is 6.07 Å². The standard InChI is InChI=1S/C10H12FN3O2S/c1-2-5-17(15,16)14-8-4-3-7(6-12)10(13)9(8)11/h3-4,14H,2,5,13H2,1H3.